The summed E-state index contributed by atoms with van der Waals surface area (Å²) in [7, 11) is 0. The van der Waals surface area contributed by atoms with Gasteiger partial charge in [-0.25, -0.2) is 0 Å². The van der Waals surface area contributed by atoms with Crippen molar-refractivity contribution in [2.75, 3.05) is 0 Å². The SMILES string of the molecule is CCCC[C]c1ccc(C(C)(C)C)c(C(C)(C)C)c1. The summed E-state index contributed by atoms with van der Waals surface area (Å²) in [4.78, 5) is 0. The monoisotopic (exact) mass is 258 g/mol. The first-order valence-electron chi connectivity index (χ1n) is 7.55. The van der Waals surface area contributed by atoms with Crippen LogP contribution in [0, 0.1) is 6.42 Å². The number of hydrogen-bond acceptors (Lipinski definition) is 0. The first-order chi connectivity index (χ1) is 8.66. The van der Waals surface area contributed by atoms with Crippen molar-refractivity contribution in [1.82, 2.24) is 0 Å². The van der Waals surface area contributed by atoms with Crippen LogP contribution in [0.4, 0.5) is 0 Å². The van der Waals surface area contributed by atoms with E-state index in [0.29, 0.717) is 0 Å². The lowest BCUT2D eigenvalue weighted by molar-refractivity contribution is 0.530. The van der Waals surface area contributed by atoms with Gasteiger partial charge in [0.2, 0.25) is 0 Å². The van der Waals surface area contributed by atoms with Gasteiger partial charge in [-0.1, -0.05) is 79.5 Å². The smallest absolute Gasteiger partial charge is 0.0164 e. The molecule has 0 bridgehead atoms. The van der Waals surface area contributed by atoms with Gasteiger partial charge in [0.05, 0.1) is 0 Å². The van der Waals surface area contributed by atoms with Crippen molar-refractivity contribution in [2.45, 2.75) is 78.6 Å². The lowest BCUT2D eigenvalue weighted by Crippen LogP contribution is -2.22. The van der Waals surface area contributed by atoms with Gasteiger partial charge in [-0.15, -0.1) is 0 Å². The molecular weight excluding hydrogens is 228 g/mol. The summed E-state index contributed by atoms with van der Waals surface area (Å²) in [5, 5.41) is 0. The van der Waals surface area contributed by atoms with Crippen molar-refractivity contribution in [3.05, 3.63) is 41.3 Å². The molecule has 1 aromatic rings. The molecule has 0 aliphatic rings. The van der Waals surface area contributed by atoms with Crippen LogP contribution in [0.1, 0.15) is 84.4 Å². The lowest BCUT2D eigenvalue weighted by atomic mass is 9.74. The minimum Gasteiger partial charge on any atom is -0.0654 e. The molecule has 0 spiro atoms. The van der Waals surface area contributed by atoms with Crippen LogP contribution in [-0.2, 0) is 10.8 Å². The molecule has 0 aliphatic heterocycles. The van der Waals surface area contributed by atoms with E-state index in [1.807, 2.05) is 0 Å². The summed E-state index contributed by atoms with van der Waals surface area (Å²) in [6.45, 7) is 16.0. The Morgan fingerprint density at radius 3 is 1.95 bits per heavy atom. The molecule has 1 aromatic carbocycles. The average Bonchev–Trinajstić information content (AvgIpc) is 2.26. The second-order valence-corrected chi connectivity index (χ2v) is 7.54. The lowest BCUT2D eigenvalue weighted by Gasteiger charge is -2.30. The van der Waals surface area contributed by atoms with E-state index in [4.69, 9.17) is 0 Å². The molecule has 106 valence electrons. The van der Waals surface area contributed by atoms with E-state index in [1.54, 1.807) is 0 Å². The molecule has 0 amide bonds. The van der Waals surface area contributed by atoms with Gasteiger partial charge in [0.25, 0.3) is 0 Å². The highest BCUT2D eigenvalue weighted by atomic mass is 14.3. The maximum atomic E-state index is 3.54. The van der Waals surface area contributed by atoms with E-state index < -0.39 is 0 Å². The van der Waals surface area contributed by atoms with Crippen LogP contribution >= 0.6 is 0 Å². The predicted molar refractivity (Wildman–Crippen MR) is 85.7 cm³/mol. The quantitative estimate of drug-likeness (QED) is 0.590. The minimum absolute atomic E-state index is 0.186. The maximum absolute atomic E-state index is 3.54. The Balaban J connectivity index is 3.10. The third-order valence-corrected chi connectivity index (χ3v) is 3.50. The van der Waals surface area contributed by atoms with E-state index in [0.717, 1.165) is 6.42 Å². The molecule has 2 radical (unpaired) electrons. The van der Waals surface area contributed by atoms with E-state index in [1.165, 1.54) is 29.5 Å². The molecule has 0 nitrogen and oxygen atoms in total. The molecular formula is C19H30. The zero-order valence-corrected chi connectivity index (χ0v) is 13.9. The Hall–Kier alpha value is -0.780. The molecule has 1 rings (SSSR count). The highest BCUT2D eigenvalue weighted by Crippen LogP contribution is 2.34. The summed E-state index contributed by atoms with van der Waals surface area (Å²) in [5.41, 5.74) is 4.56. The standard InChI is InChI=1S/C19H30/c1-8-9-10-11-15-12-13-16(18(2,3)4)17(14-15)19(5,6)7/h12-14H,8-10H2,1-7H3. The fourth-order valence-corrected chi connectivity index (χ4v) is 2.34. The molecule has 0 saturated carbocycles. The van der Waals surface area contributed by atoms with Gasteiger partial charge in [-0.3, -0.25) is 0 Å². The Bertz CT molecular complexity index is 399. The van der Waals surface area contributed by atoms with E-state index >= 15 is 0 Å². The molecule has 0 heterocycles. The Morgan fingerprint density at radius 1 is 0.895 bits per heavy atom. The van der Waals surface area contributed by atoms with Crippen LogP contribution in [0.3, 0.4) is 0 Å². The highest BCUT2D eigenvalue weighted by Gasteiger charge is 2.25. The largest absolute Gasteiger partial charge is 0.0654 e. The molecule has 0 aliphatic carbocycles. The fourth-order valence-electron chi connectivity index (χ4n) is 2.34. The first kappa shape index (κ1) is 16.3. The van der Waals surface area contributed by atoms with Gasteiger partial charge in [0.15, 0.2) is 0 Å². The van der Waals surface area contributed by atoms with E-state index in [-0.39, 0.29) is 10.8 Å². The highest BCUT2D eigenvalue weighted by molar-refractivity contribution is 5.42. The van der Waals surface area contributed by atoms with Crippen LogP contribution in [0.15, 0.2) is 18.2 Å². The van der Waals surface area contributed by atoms with Crippen LogP contribution < -0.4 is 0 Å². The van der Waals surface area contributed by atoms with Crippen molar-refractivity contribution in [3.8, 4) is 0 Å². The topological polar surface area (TPSA) is 0 Å². The zero-order chi connectivity index (χ0) is 14.7. The predicted octanol–water partition coefficient (Wildman–Crippen LogP) is 5.90. The minimum atomic E-state index is 0.186. The molecule has 0 atom stereocenters. The third-order valence-electron chi connectivity index (χ3n) is 3.50. The summed E-state index contributed by atoms with van der Waals surface area (Å²) in [5.74, 6) is 0. The Labute approximate surface area is 120 Å². The number of hydrogen-bond donors (Lipinski definition) is 0. The van der Waals surface area contributed by atoms with Crippen molar-refractivity contribution >= 4 is 0 Å². The van der Waals surface area contributed by atoms with Gasteiger partial charge < -0.3 is 0 Å². The summed E-state index contributed by atoms with van der Waals surface area (Å²) < 4.78 is 0. The van der Waals surface area contributed by atoms with Gasteiger partial charge in [-0.05, 0) is 33.9 Å². The first-order valence-corrected chi connectivity index (χ1v) is 7.55. The number of rotatable bonds is 4. The molecule has 0 saturated heterocycles. The molecule has 0 unspecified atom stereocenters. The van der Waals surface area contributed by atoms with Crippen LogP contribution in [0.2, 0.25) is 0 Å². The number of unbranched alkanes of at least 4 members (excludes halogenated alkanes) is 2. The van der Waals surface area contributed by atoms with Gasteiger partial charge in [0.1, 0.15) is 0 Å². The third kappa shape index (κ3) is 4.67. The zero-order valence-electron chi connectivity index (χ0n) is 13.9. The summed E-state index contributed by atoms with van der Waals surface area (Å²) >= 11 is 0. The van der Waals surface area contributed by atoms with Crippen molar-refractivity contribution < 1.29 is 0 Å². The molecule has 19 heavy (non-hydrogen) atoms. The Kier molecular flexibility index (Phi) is 5.24. The van der Waals surface area contributed by atoms with E-state index in [9.17, 15) is 0 Å². The van der Waals surface area contributed by atoms with Crippen LogP contribution in [0.5, 0.6) is 0 Å². The maximum Gasteiger partial charge on any atom is 0.0164 e. The van der Waals surface area contributed by atoms with Gasteiger partial charge in [-0.2, -0.15) is 0 Å². The molecule has 0 heteroatoms. The van der Waals surface area contributed by atoms with Crippen molar-refractivity contribution in [1.29, 1.82) is 0 Å². The van der Waals surface area contributed by atoms with Gasteiger partial charge in [0, 0.05) is 6.42 Å². The molecule has 0 N–H and O–H groups in total. The van der Waals surface area contributed by atoms with Crippen molar-refractivity contribution in [2.24, 2.45) is 0 Å². The second-order valence-electron chi connectivity index (χ2n) is 7.54. The summed E-state index contributed by atoms with van der Waals surface area (Å²) in [6.07, 6.45) is 7.06. The molecule has 0 fully saturated rings. The summed E-state index contributed by atoms with van der Waals surface area (Å²) in [6, 6.07) is 6.87. The van der Waals surface area contributed by atoms with Crippen LogP contribution in [-0.4, -0.2) is 0 Å². The van der Waals surface area contributed by atoms with Crippen molar-refractivity contribution in [3.63, 3.8) is 0 Å². The van der Waals surface area contributed by atoms with Gasteiger partial charge >= 0.3 is 0 Å². The number of benzene rings is 1. The second kappa shape index (κ2) is 6.11. The molecule has 0 aromatic heterocycles. The Morgan fingerprint density at radius 2 is 1.47 bits per heavy atom. The van der Waals surface area contributed by atoms with E-state index in [2.05, 4.69) is 73.1 Å². The normalized spacial score (nSPS) is 12.8. The fraction of sp³-hybridized carbons (Fsp3) is 0.632. The average molecular weight is 258 g/mol. The van der Waals surface area contributed by atoms with Crippen LogP contribution in [0.25, 0.3) is 0 Å².